The zero-order valence-corrected chi connectivity index (χ0v) is 22.6. The van der Waals surface area contributed by atoms with Gasteiger partial charge in [-0.05, 0) is 62.6 Å². The number of halogens is 3. The van der Waals surface area contributed by atoms with Crippen LogP contribution in [-0.4, -0.2) is 54.1 Å². The van der Waals surface area contributed by atoms with E-state index in [0.29, 0.717) is 23.8 Å². The molecule has 5 rings (SSSR count). The summed E-state index contributed by atoms with van der Waals surface area (Å²) in [4.78, 5) is 21.3. The van der Waals surface area contributed by atoms with Gasteiger partial charge < -0.3 is 19.9 Å². The molecule has 2 saturated carbocycles. The molecule has 214 valence electrons. The monoisotopic (exact) mass is 555 g/mol. The van der Waals surface area contributed by atoms with E-state index in [-0.39, 0.29) is 23.6 Å². The number of hydrogen-bond acceptors (Lipinski definition) is 6. The second-order valence-electron chi connectivity index (χ2n) is 11.2. The normalized spacial score (nSPS) is 22.1. The van der Waals surface area contributed by atoms with Gasteiger partial charge in [-0.2, -0.15) is 18.4 Å². The lowest BCUT2D eigenvalue weighted by Gasteiger charge is -2.36. The third-order valence-corrected chi connectivity index (χ3v) is 8.43. The number of amides is 1. The summed E-state index contributed by atoms with van der Waals surface area (Å²) in [7, 11) is 0. The van der Waals surface area contributed by atoms with Crippen LogP contribution >= 0.6 is 0 Å². The molecular formula is C30H36F3N5O2. The molecule has 2 aromatic rings. The Morgan fingerprint density at radius 3 is 2.42 bits per heavy atom. The molecular weight excluding hydrogens is 519 g/mol. The number of carbonyl (C=O) groups excluding carboxylic acids is 1. The largest absolute Gasteiger partial charge is 0.489 e. The third kappa shape index (κ3) is 6.98. The first-order chi connectivity index (χ1) is 19.3. The lowest BCUT2D eigenvalue weighted by molar-refractivity contribution is -0.137. The van der Waals surface area contributed by atoms with Gasteiger partial charge in [-0.25, -0.2) is 0 Å². The van der Waals surface area contributed by atoms with E-state index >= 15 is 0 Å². The number of anilines is 2. The molecule has 1 aliphatic heterocycles. The number of hydrogen-bond donors (Lipinski definition) is 1. The number of carbonyl (C=O) groups is 1. The molecule has 10 heteroatoms. The zero-order chi connectivity index (χ0) is 28.1. The van der Waals surface area contributed by atoms with E-state index in [1.54, 1.807) is 12.3 Å². The molecule has 0 spiro atoms. The number of alkyl halides is 3. The molecule has 0 bridgehead atoms. The second-order valence-corrected chi connectivity index (χ2v) is 11.2. The molecule has 1 amide bonds. The van der Waals surface area contributed by atoms with Crippen molar-refractivity contribution >= 4 is 17.3 Å². The van der Waals surface area contributed by atoms with Crippen LogP contribution in [0.25, 0.3) is 0 Å². The first-order valence-electron chi connectivity index (χ1n) is 14.3. The van der Waals surface area contributed by atoms with Gasteiger partial charge in [0, 0.05) is 50.4 Å². The highest BCUT2D eigenvalue weighted by Gasteiger charge is 2.34. The summed E-state index contributed by atoms with van der Waals surface area (Å²) in [6, 6.07) is 7.41. The fourth-order valence-corrected chi connectivity index (χ4v) is 6.17. The predicted molar refractivity (Wildman–Crippen MR) is 146 cm³/mol. The molecule has 1 aromatic heterocycles. The van der Waals surface area contributed by atoms with Crippen LogP contribution in [0.3, 0.4) is 0 Å². The summed E-state index contributed by atoms with van der Waals surface area (Å²) in [5.41, 5.74) is 0.0622. The number of nitrogens with one attached hydrogen (secondary N) is 1. The molecule has 3 aliphatic rings. The number of piperazine rings is 1. The zero-order valence-electron chi connectivity index (χ0n) is 22.6. The van der Waals surface area contributed by atoms with Gasteiger partial charge in [-0.1, -0.05) is 12.8 Å². The van der Waals surface area contributed by atoms with Crippen LogP contribution < -0.4 is 15.0 Å². The summed E-state index contributed by atoms with van der Waals surface area (Å²) < 4.78 is 46.1. The van der Waals surface area contributed by atoms with Gasteiger partial charge in [-0.15, -0.1) is 0 Å². The fourth-order valence-electron chi connectivity index (χ4n) is 6.17. The van der Waals surface area contributed by atoms with Crippen molar-refractivity contribution in [3.8, 4) is 11.8 Å². The maximum absolute atomic E-state index is 13.3. The molecule has 2 aliphatic carbocycles. The Bertz CT molecular complexity index is 1210. The summed E-state index contributed by atoms with van der Waals surface area (Å²) >= 11 is 0. The number of rotatable bonds is 7. The minimum Gasteiger partial charge on any atom is -0.489 e. The Morgan fingerprint density at radius 1 is 1.02 bits per heavy atom. The number of aromatic nitrogens is 1. The molecule has 0 unspecified atom stereocenters. The van der Waals surface area contributed by atoms with Crippen molar-refractivity contribution in [1.82, 2.24) is 9.88 Å². The smallest absolute Gasteiger partial charge is 0.417 e. The van der Waals surface area contributed by atoms with Gasteiger partial charge in [0.25, 0.3) is 0 Å². The molecule has 1 saturated heterocycles. The Balaban J connectivity index is 1.09. The van der Waals surface area contributed by atoms with E-state index < -0.39 is 11.7 Å². The second kappa shape index (κ2) is 12.4. The van der Waals surface area contributed by atoms with Crippen molar-refractivity contribution in [2.45, 2.75) is 76.1 Å². The van der Waals surface area contributed by atoms with Crippen molar-refractivity contribution in [2.75, 3.05) is 36.4 Å². The van der Waals surface area contributed by atoms with Crippen molar-refractivity contribution < 1.29 is 22.7 Å². The average molecular weight is 556 g/mol. The van der Waals surface area contributed by atoms with E-state index in [1.165, 1.54) is 37.8 Å². The quantitative estimate of drug-likeness (QED) is 0.451. The van der Waals surface area contributed by atoms with E-state index in [2.05, 4.69) is 15.2 Å². The Labute approximate surface area is 233 Å². The molecule has 40 heavy (non-hydrogen) atoms. The van der Waals surface area contributed by atoms with E-state index in [9.17, 15) is 18.0 Å². The van der Waals surface area contributed by atoms with E-state index in [0.717, 1.165) is 63.6 Å². The molecule has 1 aromatic carbocycles. The predicted octanol–water partition coefficient (Wildman–Crippen LogP) is 6.00. The standard InChI is InChI=1S/C30H36F3N5O2/c31-30(32,33)28-16-24(6-5-22(28)18-34)36-23-7-9-26(10-8-23)40-27-17-25(19-35-20-27)37-11-13-38(14-12-37)29(39)15-21-3-1-2-4-21/h5-6,16-17,19-21,23,26,36H,1-4,7-15H2/t23-,26-. The van der Waals surface area contributed by atoms with Gasteiger partial charge in [0.05, 0.1) is 41.4 Å². The maximum Gasteiger partial charge on any atom is 0.417 e. The number of nitriles is 1. The van der Waals surface area contributed by atoms with Crippen LogP contribution in [0.4, 0.5) is 24.5 Å². The number of pyridine rings is 1. The van der Waals surface area contributed by atoms with Crippen molar-refractivity contribution in [2.24, 2.45) is 5.92 Å². The highest BCUT2D eigenvalue weighted by molar-refractivity contribution is 5.76. The third-order valence-electron chi connectivity index (χ3n) is 8.43. The van der Waals surface area contributed by atoms with Crippen LogP contribution in [0.1, 0.15) is 68.9 Å². The Morgan fingerprint density at radius 2 is 1.75 bits per heavy atom. The SMILES string of the molecule is N#Cc1ccc(N[C@H]2CC[C@H](Oc3cncc(N4CCN(C(=O)CC5CCCC5)CC4)c3)CC2)cc1C(F)(F)F. The topological polar surface area (TPSA) is 81.5 Å². The maximum atomic E-state index is 13.3. The first kappa shape index (κ1) is 28.1. The molecule has 0 atom stereocenters. The van der Waals surface area contributed by atoms with Crippen LogP contribution in [0, 0.1) is 17.2 Å². The van der Waals surface area contributed by atoms with Gasteiger partial charge in [0.15, 0.2) is 0 Å². The van der Waals surface area contributed by atoms with Crippen molar-refractivity contribution in [1.29, 1.82) is 5.26 Å². The lowest BCUT2D eigenvalue weighted by atomic mass is 9.92. The van der Waals surface area contributed by atoms with E-state index in [4.69, 9.17) is 10.00 Å². The molecule has 7 nitrogen and oxygen atoms in total. The lowest BCUT2D eigenvalue weighted by Crippen LogP contribution is -2.49. The minimum atomic E-state index is -4.57. The fraction of sp³-hybridized carbons (Fsp3) is 0.567. The number of ether oxygens (including phenoxy) is 1. The number of nitrogens with zero attached hydrogens (tertiary/aromatic N) is 4. The molecule has 3 fully saturated rings. The Kier molecular flexibility index (Phi) is 8.67. The average Bonchev–Trinajstić information content (AvgIpc) is 3.47. The van der Waals surface area contributed by atoms with Gasteiger partial charge in [-0.3, -0.25) is 9.78 Å². The minimum absolute atomic E-state index is 0.00635. The van der Waals surface area contributed by atoms with Crippen molar-refractivity contribution in [3.05, 3.63) is 47.8 Å². The van der Waals surface area contributed by atoms with Crippen LogP contribution in [0.5, 0.6) is 5.75 Å². The summed E-state index contributed by atoms with van der Waals surface area (Å²) in [6.45, 7) is 2.97. The van der Waals surface area contributed by atoms with Gasteiger partial charge >= 0.3 is 6.18 Å². The highest BCUT2D eigenvalue weighted by atomic mass is 19.4. The highest BCUT2D eigenvalue weighted by Crippen LogP contribution is 2.35. The molecule has 2 heterocycles. The molecule has 0 radical (unpaired) electrons. The summed E-state index contributed by atoms with van der Waals surface area (Å²) in [5.74, 6) is 1.55. The Hall–Kier alpha value is -3.48. The molecule has 1 N–H and O–H groups in total. The van der Waals surface area contributed by atoms with Crippen molar-refractivity contribution in [3.63, 3.8) is 0 Å². The van der Waals surface area contributed by atoms with Gasteiger partial charge in [0.2, 0.25) is 5.91 Å². The summed E-state index contributed by atoms with van der Waals surface area (Å²) in [5, 5.41) is 12.2. The summed E-state index contributed by atoms with van der Waals surface area (Å²) in [6.07, 6.45) is 7.59. The van der Waals surface area contributed by atoms with Gasteiger partial charge in [0.1, 0.15) is 5.75 Å². The van der Waals surface area contributed by atoms with Crippen LogP contribution in [-0.2, 0) is 11.0 Å². The first-order valence-corrected chi connectivity index (χ1v) is 14.3. The van der Waals surface area contributed by atoms with E-state index in [1.807, 2.05) is 17.2 Å². The number of benzene rings is 1. The van der Waals surface area contributed by atoms with Crippen LogP contribution in [0.15, 0.2) is 36.7 Å². The van der Waals surface area contributed by atoms with Crippen LogP contribution in [0.2, 0.25) is 0 Å².